The van der Waals surface area contributed by atoms with Crippen molar-refractivity contribution in [2.45, 2.75) is 63.1 Å². The van der Waals surface area contributed by atoms with Gasteiger partial charge in [-0.15, -0.1) is 33.7 Å². The highest BCUT2D eigenvalue weighted by Crippen LogP contribution is 2.40. The number of amides is 2. The van der Waals surface area contributed by atoms with Gasteiger partial charge in [0.25, 0.3) is 11.8 Å². The number of hydrogen-bond donors (Lipinski definition) is 2. The summed E-state index contributed by atoms with van der Waals surface area (Å²) in [6, 6.07) is 7.73. The predicted octanol–water partition coefficient (Wildman–Crippen LogP) is 5.58. The first-order valence-electron chi connectivity index (χ1n) is 12.4. The molecule has 4 rings (SSSR count). The van der Waals surface area contributed by atoms with Gasteiger partial charge in [0.05, 0.1) is 11.5 Å². The minimum absolute atomic E-state index is 0.00828. The number of hydrazine groups is 2. The molecule has 0 radical (unpaired) electrons. The lowest BCUT2D eigenvalue weighted by molar-refractivity contribution is -0.128. The lowest BCUT2D eigenvalue weighted by Crippen LogP contribution is -2.45. The van der Waals surface area contributed by atoms with E-state index in [0.29, 0.717) is 23.1 Å². The molecule has 1 aromatic carbocycles. The van der Waals surface area contributed by atoms with Crippen LogP contribution in [0, 0.1) is 0 Å². The Hall–Kier alpha value is -2.72. The van der Waals surface area contributed by atoms with Gasteiger partial charge < -0.3 is 0 Å². The van der Waals surface area contributed by atoms with E-state index in [4.69, 9.17) is 0 Å². The fourth-order valence-corrected chi connectivity index (χ4v) is 6.21. The molecule has 10 heteroatoms. The zero-order valence-corrected chi connectivity index (χ0v) is 22.9. The summed E-state index contributed by atoms with van der Waals surface area (Å²) in [5, 5.41) is 13.8. The number of unbranched alkanes of at least 4 members (excludes halogenated alkanes) is 2. The van der Waals surface area contributed by atoms with Crippen LogP contribution in [-0.4, -0.2) is 53.3 Å². The minimum Gasteiger partial charge on any atom is -0.276 e. The highest BCUT2D eigenvalue weighted by molar-refractivity contribution is 8.02. The number of carbonyl (C=O) groups is 2. The molecule has 0 spiro atoms. The van der Waals surface area contributed by atoms with Crippen LogP contribution in [0.3, 0.4) is 0 Å². The zero-order valence-electron chi connectivity index (χ0n) is 21.3. The van der Waals surface area contributed by atoms with Crippen LogP contribution in [0.2, 0.25) is 0 Å². The Morgan fingerprint density at radius 3 is 1.64 bits per heavy atom. The molecular formula is C26H34N6O2S2. The second kappa shape index (κ2) is 11.1. The first-order chi connectivity index (χ1) is 17.3. The van der Waals surface area contributed by atoms with E-state index >= 15 is 0 Å². The van der Waals surface area contributed by atoms with Crippen molar-refractivity contribution in [2.24, 2.45) is 0 Å². The van der Waals surface area contributed by atoms with Crippen LogP contribution in [0.5, 0.6) is 0 Å². The Balaban J connectivity index is 1.64. The van der Waals surface area contributed by atoms with Crippen LogP contribution in [0.1, 0.15) is 53.4 Å². The summed E-state index contributed by atoms with van der Waals surface area (Å²) in [7, 11) is 0. The monoisotopic (exact) mass is 526 g/mol. The molecule has 3 heterocycles. The van der Waals surface area contributed by atoms with E-state index in [-0.39, 0.29) is 11.8 Å². The molecule has 8 nitrogen and oxygen atoms in total. The van der Waals surface area contributed by atoms with E-state index < -0.39 is 9.74 Å². The summed E-state index contributed by atoms with van der Waals surface area (Å²) in [4.78, 5) is 24.5. The highest BCUT2D eigenvalue weighted by Gasteiger charge is 2.43. The smallest absolute Gasteiger partial charge is 0.252 e. The predicted molar refractivity (Wildman–Crippen MR) is 150 cm³/mol. The van der Waals surface area contributed by atoms with E-state index in [2.05, 4.69) is 59.2 Å². The first kappa shape index (κ1) is 26.3. The molecule has 192 valence electrons. The second-order valence-electron chi connectivity index (χ2n) is 9.19. The molecule has 1 aromatic heterocycles. The standard InChI is InChI=1S/C26H34N6O2S2/c1-5-7-11-15-25(3)31(21(33)17-35-25)29-23-19-13-9-10-14-20(19)24(28-27-23)30-32-22(34)18-36-26(32,4)16-12-8-6-2/h9-16H,5-8,17-18H2,1-4H3,(H,27,29)(H,28,30)/b15-11+,16-12+. The van der Waals surface area contributed by atoms with Gasteiger partial charge in [0.15, 0.2) is 11.6 Å². The number of allylic oxidation sites excluding steroid dienone is 2. The maximum absolute atomic E-state index is 12.8. The molecule has 2 unspecified atom stereocenters. The van der Waals surface area contributed by atoms with E-state index in [1.807, 2.05) is 38.1 Å². The number of nitrogens with zero attached hydrogens (tertiary/aromatic N) is 4. The number of hydrogen-bond acceptors (Lipinski definition) is 8. The molecule has 0 bridgehead atoms. The topological polar surface area (TPSA) is 90.5 Å². The Morgan fingerprint density at radius 1 is 0.833 bits per heavy atom. The van der Waals surface area contributed by atoms with E-state index in [1.54, 1.807) is 33.5 Å². The molecule has 2 saturated heterocycles. The Morgan fingerprint density at radius 2 is 1.25 bits per heavy atom. The average molecular weight is 527 g/mol. The third kappa shape index (κ3) is 5.34. The van der Waals surface area contributed by atoms with Crippen LogP contribution in [0.4, 0.5) is 11.6 Å². The van der Waals surface area contributed by atoms with Gasteiger partial charge >= 0.3 is 0 Å². The van der Waals surface area contributed by atoms with Crippen LogP contribution in [-0.2, 0) is 9.59 Å². The number of anilines is 2. The van der Waals surface area contributed by atoms with Gasteiger partial charge in [0, 0.05) is 10.8 Å². The number of carbonyl (C=O) groups excluding carboxylic acids is 2. The number of aromatic nitrogens is 2. The normalized spacial score (nSPS) is 24.7. The van der Waals surface area contributed by atoms with Crippen LogP contribution < -0.4 is 10.9 Å². The fraction of sp³-hybridized carbons (Fsp3) is 0.462. The van der Waals surface area contributed by atoms with Crippen LogP contribution in [0.25, 0.3) is 10.8 Å². The fourth-order valence-electron chi connectivity index (χ4n) is 4.18. The van der Waals surface area contributed by atoms with Crippen molar-refractivity contribution in [1.29, 1.82) is 0 Å². The summed E-state index contributed by atoms with van der Waals surface area (Å²) >= 11 is 3.16. The number of fused-ring (bicyclic) bond motifs is 1. The second-order valence-corrected chi connectivity index (χ2v) is 12.0. The summed E-state index contributed by atoms with van der Waals surface area (Å²) in [5.41, 5.74) is 6.49. The summed E-state index contributed by atoms with van der Waals surface area (Å²) < 4.78 is 0. The number of thioether (sulfide) groups is 2. The van der Waals surface area contributed by atoms with Crippen molar-refractivity contribution in [3.05, 3.63) is 48.6 Å². The van der Waals surface area contributed by atoms with Gasteiger partial charge in [0.2, 0.25) is 0 Å². The quantitative estimate of drug-likeness (QED) is 0.388. The molecule has 2 aromatic rings. The molecule has 2 atom stereocenters. The Kier molecular flexibility index (Phi) is 8.14. The van der Waals surface area contributed by atoms with Crippen LogP contribution in [0.15, 0.2) is 48.6 Å². The molecular weight excluding hydrogens is 492 g/mol. The molecule has 36 heavy (non-hydrogen) atoms. The lowest BCUT2D eigenvalue weighted by atomic mass is 10.1. The van der Waals surface area contributed by atoms with Crippen molar-refractivity contribution in [3.63, 3.8) is 0 Å². The number of nitrogens with one attached hydrogen (secondary N) is 2. The van der Waals surface area contributed by atoms with Crippen molar-refractivity contribution < 1.29 is 9.59 Å². The molecule has 2 fully saturated rings. The van der Waals surface area contributed by atoms with Crippen molar-refractivity contribution >= 4 is 57.7 Å². The molecule has 2 amide bonds. The number of benzene rings is 1. The van der Waals surface area contributed by atoms with E-state index in [1.165, 1.54) is 0 Å². The number of rotatable bonds is 10. The third-order valence-electron chi connectivity index (χ3n) is 6.25. The molecule has 0 aliphatic carbocycles. The zero-order chi connectivity index (χ0) is 25.8. The minimum atomic E-state index is -0.516. The average Bonchev–Trinajstić information content (AvgIpc) is 3.31. The van der Waals surface area contributed by atoms with Gasteiger partial charge in [-0.05, 0) is 26.7 Å². The lowest BCUT2D eigenvalue weighted by Gasteiger charge is -2.33. The van der Waals surface area contributed by atoms with E-state index in [9.17, 15) is 9.59 Å². The van der Waals surface area contributed by atoms with Crippen molar-refractivity contribution in [2.75, 3.05) is 22.4 Å². The highest BCUT2D eigenvalue weighted by atomic mass is 32.2. The SMILES string of the molecule is CCC/C=C/C1(C)SCC(=O)N1Nc1nnc(NN2C(=O)CSC2(C)/C=C/CCC)c2ccccc12. The molecule has 2 aliphatic heterocycles. The third-order valence-corrected chi connectivity index (χ3v) is 8.84. The van der Waals surface area contributed by atoms with Gasteiger partial charge in [-0.1, -0.05) is 75.3 Å². The molecule has 2 aliphatic rings. The molecule has 2 N–H and O–H groups in total. The van der Waals surface area contributed by atoms with Gasteiger partial charge in [-0.3, -0.25) is 20.4 Å². The summed E-state index contributed by atoms with van der Waals surface area (Å²) in [6.45, 7) is 8.31. The molecule has 0 saturated carbocycles. The van der Waals surface area contributed by atoms with Gasteiger partial charge in [-0.2, -0.15) is 0 Å². The Labute approximate surface area is 221 Å². The van der Waals surface area contributed by atoms with Gasteiger partial charge in [0.1, 0.15) is 9.74 Å². The van der Waals surface area contributed by atoms with Gasteiger partial charge in [-0.25, -0.2) is 10.0 Å². The largest absolute Gasteiger partial charge is 0.276 e. The van der Waals surface area contributed by atoms with Crippen molar-refractivity contribution in [1.82, 2.24) is 20.2 Å². The maximum atomic E-state index is 12.8. The summed E-state index contributed by atoms with van der Waals surface area (Å²) in [6.07, 6.45) is 12.4. The van der Waals surface area contributed by atoms with Crippen LogP contribution >= 0.6 is 23.5 Å². The van der Waals surface area contributed by atoms with E-state index in [0.717, 1.165) is 36.5 Å². The van der Waals surface area contributed by atoms with Crippen molar-refractivity contribution in [3.8, 4) is 0 Å². The Bertz CT molecular complexity index is 1100. The summed E-state index contributed by atoms with van der Waals surface area (Å²) in [5.74, 6) is 1.76. The maximum Gasteiger partial charge on any atom is 0.252 e. The first-order valence-corrected chi connectivity index (χ1v) is 14.4.